The molecule has 2 fully saturated rings. The standard InChI is InChI=1S/C36H56O8/c1-7-8-9-10-11-12-13-14-15-16-17-18-29(39)43-32-24(3)35(42)27(30-33(5,6)36(30,32)44-25(4)38)20-26(22-37)21-34(41)28(35)19-23(2)31(34)40/h19-20,24,27-28,30,32,37,41-42H,7-18,21-22H2,1-6H3/t24?,27?,28?,30?,32?,34-,35-,36-/m1/s1. The summed E-state index contributed by atoms with van der Waals surface area (Å²) in [5, 5.41) is 34.8. The Morgan fingerprint density at radius 2 is 1.52 bits per heavy atom. The largest absolute Gasteiger partial charge is 0.458 e. The van der Waals surface area contributed by atoms with Gasteiger partial charge >= 0.3 is 11.9 Å². The second-order valence-electron chi connectivity index (χ2n) is 14.7. The number of esters is 2. The fourth-order valence-corrected chi connectivity index (χ4v) is 9.20. The van der Waals surface area contributed by atoms with Crippen LogP contribution in [0.2, 0.25) is 0 Å². The highest BCUT2D eigenvalue weighted by atomic mass is 16.6. The highest BCUT2D eigenvalue weighted by Gasteiger charge is 2.87. The molecule has 3 N–H and O–H groups in total. The van der Waals surface area contributed by atoms with E-state index in [0.717, 1.165) is 19.3 Å². The SMILES string of the molecule is CCCCCCCCCCCCCC(=O)OC1C(C)[C@@]2(O)C(C=C(CO)C[C@]3(O)C(=O)C(C)=CC23)C2C(C)(C)[C@]12OC(C)=O. The molecule has 8 nitrogen and oxygen atoms in total. The van der Waals surface area contributed by atoms with Gasteiger partial charge in [-0.1, -0.05) is 104 Å². The Morgan fingerprint density at radius 3 is 2.07 bits per heavy atom. The fraction of sp³-hybridized carbons (Fsp3) is 0.806. The van der Waals surface area contributed by atoms with Crippen molar-refractivity contribution in [1.82, 2.24) is 0 Å². The number of aliphatic hydroxyl groups excluding tert-OH is 1. The molecule has 0 spiro atoms. The molecule has 0 saturated heterocycles. The van der Waals surface area contributed by atoms with Crippen LogP contribution in [0.5, 0.6) is 0 Å². The number of ketones is 1. The van der Waals surface area contributed by atoms with Crippen LogP contribution >= 0.6 is 0 Å². The molecule has 0 aromatic heterocycles. The number of unbranched alkanes of at least 4 members (excludes halogenated alkanes) is 10. The summed E-state index contributed by atoms with van der Waals surface area (Å²) >= 11 is 0. The van der Waals surface area contributed by atoms with Gasteiger partial charge in [-0.2, -0.15) is 0 Å². The Bertz CT molecular complexity index is 1150. The molecule has 4 aliphatic rings. The second-order valence-corrected chi connectivity index (χ2v) is 14.7. The zero-order valence-corrected chi connectivity index (χ0v) is 27.8. The van der Waals surface area contributed by atoms with Crippen molar-refractivity contribution >= 4 is 17.7 Å². The van der Waals surface area contributed by atoms with Crippen molar-refractivity contribution in [3.05, 3.63) is 23.3 Å². The summed E-state index contributed by atoms with van der Waals surface area (Å²) < 4.78 is 12.3. The first-order valence-electron chi connectivity index (χ1n) is 17.1. The Hall–Kier alpha value is -2.03. The molecule has 248 valence electrons. The third-order valence-electron chi connectivity index (χ3n) is 11.5. The molecule has 8 heteroatoms. The van der Waals surface area contributed by atoms with E-state index in [4.69, 9.17) is 9.47 Å². The summed E-state index contributed by atoms with van der Waals surface area (Å²) in [6.07, 6.45) is 15.4. The van der Waals surface area contributed by atoms with Crippen molar-refractivity contribution in [1.29, 1.82) is 0 Å². The molecule has 2 saturated carbocycles. The lowest BCUT2D eigenvalue weighted by Crippen LogP contribution is -2.66. The molecule has 0 aromatic carbocycles. The average molecular weight is 617 g/mol. The minimum Gasteiger partial charge on any atom is -0.458 e. The van der Waals surface area contributed by atoms with E-state index >= 15 is 0 Å². The van der Waals surface area contributed by atoms with E-state index in [0.29, 0.717) is 17.6 Å². The first-order valence-corrected chi connectivity index (χ1v) is 17.1. The van der Waals surface area contributed by atoms with Gasteiger partial charge in [0, 0.05) is 48.9 Å². The second kappa shape index (κ2) is 13.4. The van der Waals surface area contributed by atoms with Crippen LogP contribution in [-0.2, 0) is 23.9 Å². The predicted molar refractivity (Wildman–Crippen MR) is 167 cm³/mol. The fourth-order valence-electron chi connectivity index (χ4n) is 9.20. The Balaban J connectivity index is 1.51. The molecule has 5 unspecified atom stereocenters. The summed E-state index contributed by atoms with van der Waals surface area (Å²) in [5.41, 5.74) is -4.71. The first kappa shape index (κ1) is 34.8. The molecule has 8 atom stereocenters. The summed E-state index contributed by atoms with van der Waals surface area (Å²) in [6, 6.07) is 0. The highest BCUT2D eigenvalue weighted by molar-refractivity contribution is 6.04. The van der Waals surface area contributed by atoms with Gasteiger partial charge in [0.1, 0.15) is 11.7 Å². The normalized spacial score (nSPS) is 36.8. The molecule has 4 rings (SSSR count). The van der Waals surface area contributed by atoms with Gasteiger partial charge in [0.05, 0.1) is 12.2 Å². The van der Waals surface area contributed by atoms with E-state index in [1.807, 2.05) is 13.8 Å². The quantitative estimate of drug-likeness (QED) is 0.120. The third-order valence-corrected chi connectivity index (χ3v) is 11.5. The summed E-state index contributed by atoms with van der Waals surface area (Å²) in [7, 11) is 0. The maximum atomic E-state index is 13.3. The Labute approximate surface area is 263 Å². The first-order chi connectivity index (χ1) is 20.7. The van der Waals surface area contributed by atoms with E-state index in [-0.39, 0.29) is 19.4 Å². The molecule has 44 heavy (non-hydrogen) atoms. The smallest absolute Gasteiger partial charge is 0.306 e. The van der Waals surface area contributed by atoms with Gasteiger partial charge in [0.15, 0.2) is 11.4 Å². The molecule has 0 bridgehead atoms. The van der Waals surface area contributed by atoms with Crippen LogP contribution in [0.4, 0.5) is 0 Å². The van der Waals surface area contributed by atoms with Gasteiger partial charge in [-0.15, -0.1) is 0 Å². The average Bonchev–Trinajstić information content (AvgIpc) is 3.38. The number of ether oxygens (including phenoxy) is 2. The van der Waals surface area contributed by atoms with Crippen LogP contribution in [0, 0.1) is 29.1 Å². The molecular weight excluding hydrogens is 560 g/mol. The number of fused-ring (bicyclic) bond motifs is 5. The van der Waals surface area contributed by atoms with Gasteiger partial charge in [-0.25, -0.2) is 0 Å². The van der Waals surface area contributed by atoms with Crippen molar-refractivity contribution in [2.75, 3.05) is 6.61 Å². The van der Waals surface area contributed by atoms with Crippen LogP contribution in [0.1, 0.15) is 125 Å². The van der Waals surface area contributed by atoms with Crippen molar-refractivity contribution in [3.63, 3.8) is 0 Å². The summed E-state index contributed by atoms with van der Waals surface area (Å²) in [6.45, 7) is 10.4. The molecule has 4 aliphatic carbocycles. The van der Waals surface area contributed by atoms with E-state index in [1.165, 1.54) is 51.9 Å². The zero-order valence-electron chi connectivity index (χ0n) is 27.8. The number of rotatable bonds is 15. The molecule has 0 aromatic rings. The lowest BCUT2D eigenvalue weighted by Gasteiger charge is -2.53. The van der Waals surface area contributed by atoms with Crippen LogP contribution in [0.15, 0.2) is 23.3 Å². The maximum absolute atomic E-state index is 13.3. The van der Waals surface area contributed by atoms with Crippen LogP contribution in [0.25, 0.3) is 0 Å². The van der Waals surface area contributed by atoms with E-state index in [9.17, 15) is 29.7 Å². The number of aliphatic hydroxyl groups is 3. The third kappa shape index (κ3) is 5.84. The number of hydrogen-bond donors (Lipinski definition) is 3. The minimum atomic E-state index is -1.93. The Morgan fingerprint density at radius 1 is 0.955 bits per heavy atom. The van der Waals surface area contributed by atoms with Crippen molar-refractivity contribution < 1.29 is 39.2 Å². The lowest BCUT2D eigenvalue weighted by atomic mass is 9.59. The number of hydrogen-bond acceptors (Lipinski definition) is 8. The lowest BCUT2D eigenvalue weighted by molar-refractivity contribution is -0.228. The monoisotopic (exact) mass is 616 g/mol. The molecule has 0 radical (unpaired) electrons. The van der Waals surface area contributed by atoms with E-state index < -0.39 is 69.7 Å². The zero-order chi connectivity index (χ0) is 32.5. The number of Topliss-reactive ketones (excluding diaryl/α,β-unsaturated/α-hetero) is 1. The summed E-state index contributed by atoms with van der Waals surface area (Å²) in [4.78, 5) is 39.1. The highest BCUT2D eigenvalue weighted by Crippen LogP contribution is 2.77. The van der Waals surface area contributed by atoms with Crippen molar-refractivity contribution in [2.24, 2.45) is 29.1 Å². The molecule has 0 heterocycles. The van der Waals surface area contributed by atoms with Gasteiger partial charge in [0.25, 0.3) is 0 Å². The summed E-state index contributed by atoms with van der Waals surface area (Å²) in [5.74, 6) is -4.29. The van der Waals surface area contributed by atoms with Crippen molar-refractivity contribution in [2.45, 2.75) is 148 Å². The molecule has 0 aliphatic heterocycles. The number of carbonyl (C=O) groups is 3. The van der Waals surface area contributed by atoms with Crippen LogP contribution < -0.4 is 0 Å². The minimum absolute atomic E-state index is 0.108. The van der Waals surface area contributed by atoms with Crippen LogP contribution in [0.3, 0.4) is 0 Å². The molecular formula is C36H56O8. The Kier molecular flexibility index (Phi) is 10.6. The maximum Gasteiger partial charge on any atom is 0.306 e. The van der Waals surface area contributed by atoms with Gasteiger partial charge in [0.2, 0.25) is 0 Å². The van der Waals surface area contributed by atoms with Gasteiger partial charge in [-0.05, 0) is 24.5 Å². The number of carbonyl (C=O) groups excluding carboxylic acids is 3. The predicted octanol–water partition coefficient (Wildman–Crippen LogP) is 5.75. The van der Waals surface area contributed by atoms with Crippen molar-refractivity contribution in [3.8, 4) is 0 Å². The van der Waals surface area contributed by atoms with Gasteiger partial charge in [-0.3, -0.25) is 14.4 Å². The molecule has 0 amide bonds. The van der Waals surface area contributed by atoms with E-state index in [2.05, 4.69) is 6.92 Å². The van der Waals surface area contributed by atoms with Crippen LogP contribution in [-0.4, -0.2) is 62.6 Å². The van der Waals surface area contributed by atoms with E-state index in [1.54, 1.807) is 26.0 Å². The topological polar surface area (TPSA) is 130 Å². The van der Waals surface area contributed by atoms with Gasteiger partial charge < -0.3 is 24.8 Å².